The second-order valence-electron chi connectivity index (χ2n) is 7.55. The summed E-state index contributed by atoms with van der Waals surface area (Å²) >= 11 is 5.87. The van der Waals surface area contributed by atoms with Gasteiger partial charge < -0.3 is 19.7 Å². The van der Waals surface area contributed by atoms with Crippen LogP contribution >= 0.6 is 11.6 Å². The molecule has 2 saturated heterocycles. The molecule has 146 valence electrons. The van der Waals surface area contributed by atoms with Crippen LogP contribution in [0, 0.1) is 11.8 Å². The molecule has 2 heterocycles. The van der Waals surface area contributed by atoms with Crippen LogP contribution in [0.1, 0.15) is 24.8 Å². The zero-order valence-electron chi connectivity index (χ0n) is 15.3. The Hall–Kier alpha value is -1.63. The first-order valence-corrected chi connectivity index (χ1v) is 10.0. The summed E-state index contributed by atoms with van der Waals surface area (Å²) in [6, 6.07) is 7.61. The largest absolute Gasteiger partial charge is 0.356 e. The molecule has 2 atom stereocenters. The number of carbonyl (C=O) groups is 2. The highest BCUT2D eigenvalue weighted by molar-refractivity contribution is 6.30. The van der Waals surface area contributed by atoms with E-state index in [1.807, 2.05) is 29.2 Å². The second kappa shape index (κ2) is 7.78. The first-order valence-electron chi connectivity index (χ1n) is 9.65. The van der Waals surface area contributed by atoms with Gasteiger partial charge in [0.1, 0.15) is 0 Å². The molecule has 1 N–H and O–H groups in total. The van der Waals surface area contributed by atoms with E-state index in [0.29, 0.717) is 57.1 Å². The minimum absolute atomic E-state index is 0.0155. The van der Waals surface area contributed by atoms with Crippen LogP contribution in [0.3, 0.4) is 0 Å². The van der Waals surface area contributed by atoms with E-state index in [1.54, 1.807) is 0 Å². The van der Waals surface area contributed by atoms with Crippen LogP contribution in [0.15, 0.2) is 24.3 Å². The SMILES string of the molecule is O=C(NCCc1ccc(Cl)cc1)C1CC1C(=O)N1CCC2(CC1)OCCO2. The molecule has 1 saturated carbocycles. The molecule has 2 unspecified atom stereocenters. The van der Waals surface area contributed by atoms with Crippen molar-refractivity contribution in [3.63, 3.8) is 0 Å². The molecule has 3 aliphatic rings. The molecule has 1 aromatic carbocycles. The summed E-state index contributed by atoms with van der Waals surface area (Å²) in [6.07, 6.45) is 2.83. The van der Waals surface area contributed by atoms with Crippen LogP contribution in [0.25, 0.3) is 0 Å². The molecule has 3 fully saturated rings. The minimum atomic E-state index is -0.473. The Labute approximate surface area is 164 Å². The Morgan fingerprint density at radius 2 is 1.78 bits per heavy atom. The molecule has 2 amide bonds. The number of nitrogens with zero attached hydrogens (tertiary/aromatic N) is 1. The fourth-order valence-corrected chi connectivity index (χ4v) is 4.08. The normalized spacial score (nSPS) is 26.2. The summed E-state index contributed by atoms with van der Waals surface area (Å²) in [6.45, 7) is 3.11. The van der Waals surface area contributed by atoms with Gasteiger partial charge in [-0.05, 0) is 30.5 Å². The number of hydrogen-bond acceptors (Lipinski definition) is 4. The maximum Gasteiger partial charge on any atom is 0.226 e. The number of ether oxygens (including phenoxy) is 2. The first kappa shape index (κ1) is 18.7. The van der Waals surface area contributed by atoms with E-state index in [9.17, 15) is 9.59 Å². The number of nitrogens with one attached hydrogen (secondary N) is 1. The predicted molar refractivity (Wildman–Crippen MR) is 100 cm³/mol. The van der Waals surface area contributed by atoms with Gasteiger partial charge in [-0.15, -0.1) is 0 Å². The second-order valence-corrected chi connectivity index (χ2v) is 7.99. The fraction of sp³-hybridized carbons (Fsp3) is 0.600. The van der Waals surface area contributed by atoms with Gasteiger partial charge in [0.15, 0.2) is 5.79 Å². The molecule has 0 radical (unpaired) electrons. The van der Waals surface area contributed by atoms with Crippen molar-refractivity contribution in [1.29, 1.82) is 0 Å². The van der Waals surface area contributed by atoms with Gasteiger partial charge in [-0.3, -0.25) is 9.59 Å². The van der Waals surface area contributed by atoms with Crippen LogP contribution in [-0.4, -0.2) is 55.3 Å². The van der Waals surface area contributed by atoms with Gasteiger partial charge in [0.25, 0.3) is 0 Å². The van der Waals surface area contributed by atoms with Crippen molar-refractivity contribution in [2.75, 3.05) is 32.8 Å². The summed E-state index contributed by atoms with van der Waals surface area (Å²) in [5.41, 5.74) is 1.13. The molecule has 1 spiro atoms. The third-order valence-corrected chi connectivity index (χ3v) is 5.97. The molecule has 1 aromatic rings. The highest BCUT2D eigenvalue weighted by Crippen LogP contribution is 2.41. The van der Waals surface area contributed by atoms with E-state index >= 15 is 0 Å². The number of likely N-dealkylation sites (tertiary alicyclic amines) is 1. The average Bonchev–Trinajstić information content (AvgIpc) is 3.37. The molecule has 7 heteroatoms. The first-order chi connectivity index (χ1) is 13.1. The maximum atomic E-state index is 12.7. The Kier molecular flexibility index (Phi) is 5.39. The molecule has 6 nitrogen and oxygen atoms in total. The average molecular weight is 393 g/mol. The van der Waals surface area contributed by atoms with Crippen LogP contribution in [0.2, 0.25) is 5.02 Å². The van der Waals surface area contributed by atoms with Crippen molar-refractivity contribution >= 4 is 23.4 Å². The lowest BCUT2D eigenvalue weighted by Gasteiger charge is -2.37. The number of rotatable bonds is 5. The van der Waals surface area contributed by atoms with Crippen LogP contribution < -0.4 is 5.32 Å². The summed E-state index contributed by atoms with van der Waals surface area (Å²) < 4.78 is 11.4. The van der Waals surface area contributed by atoms with Crippen LogP contribution in [-0.2, 0) is 25.5 Å². The van der Waals surface area contributed by atoms with Gasteiger partial charge >= 0.3 is 0 Å². The van der Waals surface area contributed by atoms with Gasteiger partial charge in [-0.1, -0.05) is 23.7 Å². The molecule has 0 aromatic heterocycles. The van der Waals surface area contributed by atoms with Crippen molar-refractivity contribution in [2.45, 2.75) is 31.5 Å². The molecule has 2 aliphatic heterocycles. The maximum absolute atomic E-state index is 12.7. The van der Waals surface area contributed by atoms with Crippen molar-refractivity contribution in [2.24, 2.45) is 11.8 Å². The standard InChI is InChI=1S/C20H25ClN2O4/c21-15-3-1-14(2-4-15)5-8-22-18(24)16-13-17(16)19(25)23-9-6-20(7-10-23)26-11-12-27-20/h1-4,16-17H,5-13H2,(H,22,24). The Balaban J connectivity index is 1.19. The van der Waals surface area contributed by atoms with Crippen molar-refractivity contribution in [1.82, 2.24) is 10.2 Å². The quantitative estimate of drug-likeness (QED) is 0.832. The van der Waals surface area contributed by atoms with Crippen molar-refractivity contribution in [3.8, 4) is 0 Å². The molecule has 0 bridgehead atoms. The minimum Gasteiger partial charge on any atom is -0.356 e. The summed E-state index contributed by atoms with van der Waals surface area (Å²) in [7, 11) is 0. The third kappa shape index (κ3) is 4.28. The predicted octanol–water partition coefficient (Wildman–Crippen LogP) is 2.00. The molecule has 1 aliphatic carbocycles. The summed E-state index contributed by atoms with van der Waals surface area (Å²) in [5, 5.41) is 3.66. The lowest BCUT2D eigenvalue weighted by molar-refractivity contribution is -0.187. The molecule has 4 rings (SSSR count). The van der Waals surface area contributed by atoms with Crippen molar-refractivity contribution in [3.05, 3.63) is 34.9 Å². The van der Waals surface area contributed by atoms with Gasteiger partial charge in [0, 0.05) is 37.5 Å². The highest BCUT2D eigenvalue weighted by atomic mass is 35.5. The lowest BCUT2D eigenvalue weighted by Crippen LogP contribution is -2.48. The summed E-state index contributed by atoms with van der Waals surface area (Å²) in [4.78, 5) is 26.8. The topological polar surface area (TPSA) is 67.9 Å². The van der Waals surface area contributed by atoms with Gasteiger partial charge in [0.05, 0.1) is 25.0 Å². The van der Waals surface area contributed by atoms with E-state index in [2.05, 4.69) is 5.32 Å². The Morgan fingerprint density at radius 1 is 1.11 bits per heavy atom. The lowest BCUT2D eigenvalue weighted by atomic mass is 10.0. The van der Waals surface area contributed by atoms with E-state index < -0.39 is 5.79 Å². The number of hydrogen-bond donors (Lipinski definition) is 1. The van der Waals surface area contributed by atoms with Gasteiger partial charge in [-0.2, -0.15) is 0 Å². The zero-order valence-corrected chi connectivity index (χ0v) is 16.0. The number of benzene rings is 1. The number of amides is 2. The van der Waals surface area contributed by atoms with Crippen LogP contribution in [0.5, 0.6) is 0 Å². The molecular formula is C20H25ClN2O4. The number of halogens is 1. The molecule has 27 heavy (non-hydrogen) atoms. The number of piperidine rings is 1. The monoisotopic (exact) mass is 392 g/mol. The summed E-state index contributed by atoms with van der Waals surface area (Å²) in [5.74, 6) is -0.741. The van der Waals surface area contributed by atoms with Crippen LogP contribution in [0.4, 0.5) is 0 Å². The van der Waals surface area contributed by atoms with E-state index in [4.69, 9.17) is 21.1 Å². The fourth-order valence-electron chi connectivity index (χ4n) is 3.96. The van der Waals surface area contributed by atoms with Crippen molar-refractivity contribution < 1.29 is 19.1 Å². The number of carbonyl (C=O) groups excluding carboxylic acids is 2. The zero-order chi connectivity index (χ0) is 18.9. The van der Waals surface area contributed by atoms with E-state index in [0.717, 1.165) is 12.0 Å². The van der Waals surface area contributed by atoms with Gasteiger partial charge in [-0.25, -0.2) is 0 Å². The molecular weight excluding hydrogens is 368 g/mol. The van der Waals surface area contributed by atoms with E-state index in [-0.39, 0.29) is 23.7 Å². The highest BCUT2D eigenvalue weighted by Gasteiger charge is 2.51. The van der Waals surface area contributed by atoms with E-state index in [1.165, 1.54) is 0 Å². The smallest absolute Gasteiger partial charge is 0.226 e. The van der Waals surface area contributed by atoms with Gasteiger partial charge in [0.2, 0.25) is 11.8 Å². The Morgan fingerprint density at radius 3 is 2.44 bits per heavy atom. The Bertz CT molecular complexity index is 692. The third-order valence-electron chi connectivity index (χ3n) is 5.72.